The summed E-state index contributed by atoms with van der Waals surface area (Å²) in [4.78, 5) is 17.2. The number of amides is 1. The third-order valence-electron chi connectivity index (χ3n) is 5.02. The summed E-state index contributed by atoms with van der Waals surface area (Å²) in [5.41, 5.74) is 0.852. The summed E-state index contributed by atoms with van der Waals surface area (Å²) >= 11 is 0. The van der Waals surface area contributed by atoms with Gasteiger partial charge in [-0.05, 0) is 32.8 Å². The number of nitrogens with zero attached hydrogens (tertiary/aromatic N) is 2. The van der Waals surface area contributed by atoms with Gasteiger partial charge in [0.15, 0.2) is 0 Å². The fraction of sp³-hybridized carbons (Fsp3) is 0.650. The van der Waals surface area contributed by atoms with Crippen LogP contribution in [-0.2, 0) is 16.0 Å². The fourth-order valence-electron chi connectivity index (χ4n) is 4.12. The van der Waals surface area contributed by atoms with E-state index >= 15 is 0 Å². The highest BCUT2D eigenvalue weighted by Gasteiger charge is 2.49. The minimum absolute atomic E-state index is 0.164. The second-order valence-electron chi connectivity index (χ2n) is 8.24. The van der Waals surface area contributed by atoms with E-state index in [1.807, 2.05) is 31.7 Å². The van der Waals surface area contributed by atoms with Crippen LogP contribution in [0.15, 0.2) is 30.3 Å². The second-order valence-corrected chi connectivity index (χ2v) is 8.24. The van der Waals surface area contributed by atoms with Gasteiger partial charge in [0.1, 0.15) is 5.60 Å². The number of carbonyl (C=O) groups is 1. The Kier molecular flexibility index (Phi) is 5.35. The minimum atomic E-state index is -0.464. The first-order chi connectivity index (χ1) is 11.9. The molecular weight excluding hydrogens is 316 g/mol. The van der Waals surface area contributed by atoms with Crippen LogP contribution in [0, 0.1) is 5.92 Å². The van der Waals surface area contributed by atoms with Crippen LogP contribution in [0.2, 0.25) is 0 Å². The van der Waals surface area contributed by atoms with Crippen molar-refractivity contribution in [2.75, 3.05) is 26.8 Å². The van der Waals surface area contributed by atoms with Crippen LogP contribution in [0.4, 0.5) is 4.79 Å². The number of methoxy groups -OCH3 is 1. The molecule has 0 aromatic heterocycles. The molecule has 0 spiro atoms. The number of ether oxygens (including phenoxy) is 2. The van der Waals surface area contributed by atoms with Crippen LogP contribution in [0.25, 0.3) is 0 Å². The molecule has 5 nitrogen and oxygen atoms in total. The summed E-state index contributed by atoms with van der Waals surface area (Å²) in [6, 6.07) is 10.9. The maximum absolute atomic E-state index is 12.7. The van der Waals surface area contributed by atoms with Crippen molar-refractivity contribution < 1.29 is 14.3 Å². The summed E-state index contributed by atoms with van der Waals surface area (Å²) in [7, 11) is 1.74. The number of hydrogen-bond acceptors (Lipinski definition) is 4. The Labute approximate surface area is 150 Å². The van der Waals surface area contributed by atoms with Crippen molar-refractivity contribution in [1.29, 1.82) is 0 Å². The lowest BCUT2D eigenvalue weighted by Gasteiger charge is -2.42. The Morgan fingerprint density at radius 1 is 1.20 bits per heavy atom. The highest BCUT2D eigenvalue weighted by atomic mass is 16.6. The summed E-state index contributed by atoms with van der Waals surface area (Å²) in [5, 5.41) is 0. The van der Waals surface area contributed by atoms with Crippen molar-refractivity contribution in [3.05, 3.63) is 35.9 Å². The molecule has 3 rings (SSSR count). The molecule has 1 aromatic carbocycles. The van der Waals surface area contributed by atoms with E-state index in [0.717, 1.165) is 26.1 Å². The maximum Gasteiger partial charge on any atom is 0.410 e. The van der Waals surface area contributed by atoms with Gasteiger partial charge in [-0.1, -0.05) is 30.3 Å². The topological polar surface area (TPSA) is 42.0 Å². The Morgan fingerprint density at radius 3 is 2.56 bits per heavy atom. The van der Waals surface area contributed by atoms with Gasteiger partial charge in [0.2, 0.25) is 0 Å². The molecule has 2 saturated heterocycles. The molecule has 2 aliphatic rings. The summed E-state index contributed by atoms with van der Waals surface area (Å²) < 4.78 is 11.1. The lowest BCUT2D eigenvalue weighted by atomic mass is 10.0. The highest BCUT2D eigenvalue weighted by Crippen LogP contribution is 2.36. The summed E-state index contributed by atoms with van der Waals surface area (Å²) in [5.74, 6) is 0.378. The highest BCUT2D eigenvalue weighted by molar-refractivity contribution is 5.70. The molecule has 138 valence electrons. The third-order valence-corrected chi connectivity index (χ3v) is 5.02. The van der Waals surface area contributed by atoms with Gasteiger partial charge in [0.05, 0.1) is 12.6 Å². The molecule has 0 saturated carbocycles. The second kappa shape index (κ2) is 7.34. The lowest BCUT2D eigenvalue weighted by Crippen LogP contribution is -2.57. The van der Waals surface area contributed by atoms with E-state index in [0.29, 0.717) is 12.5 Å². The Morgan fingerprint density at radius 2 is 1.92 bits per heavy atom. The number of benzene rings is 1. The molecule has 1 unspecified atom stereocenters. The molecule has 3 atom stereocenters. The summed E-state index contributed by atoms with van der Waals surface area (Å²) in [6.07, 6.45) is 0.809. The van der Waals surface area contributed by atoms with Gasteiger partial charge < -0.3 is 9.47 Å². The van der Waals surface area contributed by atoms with Crippen LogP contribution in [0.5, 0.6) is 0 Å². The third kappa shape index (κ3) is 4.33. The van der Waals surface area contributed by atoms with Crippen LogP contribution in [-0.4, -0.2) is 60.4 Å². The zero-order chi connectivity index (χ0) is 18.0. The molecule has 2 heterocycles. The van der Waals surface area contributed by atoms with E-state index in [2.05, 4.69) is 29.2 Å². The average Bonchev–Trinajstić information content (AvgIpc) is 2.75. The van der Waals surface area contributed by atoms with Crippen LogP contribution in [0.1, 0.15) is 32.8 Å². The van der Waals surface area contributed by atoms with E-state index in [-0.39, 0.29) is 18.2 Å². The molecule has 2 aliphatic heterocycles. The van der Waals surface area contributed by atoms with Crippen LogP contribution < -0.4 is 0 Å². The van der Waals surface area contributed by atoms with Crippen molar-refractivity contribution in [2.45, 2.75) is 51.4 Å². The molecule has 2 fully saturated rings. The van der Waals surface area contributed by atoms with E-state index in [1.165, 1.54) is 5.56 Å². The van der Waals surface area contributed by atoms with Gasteiger partial charge in [0, 0.05) is 38.7 Å². The normalized spacial score (nSPS) is 26.7. The van der Waals surface area contributed by atoms with Gasteiger partial charge in [-0.2, -0.15) is 0 Å². The summed E-state index contributed by atoms with van der Waals surface area (Å²) in [6.45, 7) is 9.15. The fourth-order valence-corrected chi connectivity index (χ4v) is 4.12. The molecule has 5 heteroatoms. The van der Waals surface area contributed by atoms with Gasteiger partial charge >= 0.3 is 6.09 Å². The van der Waals surface area contributed by atoms with Crippen molar-refractivity contribution in [3.63, 3.8) is 0 Å². The van der Waals surface area contributed by atoms with E-state index in [9.17, 15) is 4.79 Å². The Bertz CT molecular complexity index is 584. The van der Waals surface area contributed by atoms with E-state index in [1.54, 1.807) is 7.11 Å². The molecule has 1 aromatic rings. The average molecular weight is 346 g/mol. The van der Waals surface area contributed by atoms with E-state index < -0.39 is 5.60 Å². The molecule has 25 heavy (non-hydrogen) atoms. The standard InChI is InChI=1S/C20H30N2O3/c1-20(2,3)25-19(23)22-17-10-16(14-24-4)18(22)13-21(12-17)11-15-8-6-5-7-9-15/h5-9,16-18H,10-14H2,1-4H3/t16?,17-,18-/m1/s1. The van der Waals surface area contributed by atoms with Gasteiger partial charge in [-0.15, -0.1) is 0 Å². The predicted octanol–water partition coefficient (Wildman–Crippen LogP) is 3.14. The zero-order valence-electron chi connectivity index (χ0n) is 15.8. The van der Waals surface area contributed by atoms with Crippen molar-refractivity contribution >= 4 is 6.09 Å². The number of rotatable bonds is 4. The van der Waals surface area contributed by atoms with E-state index in [4.69, 9.17) is 9.47 Å². The molecule has 0 radical (unpaired) electrons. The zero-order valence-corrected chi connectivity index (χ0v) is 15.8. The van der Waals surface area contributed by atoms with Crippen molar-refractivity contribution in [3.8, 4) is 0 Å². The maximum atomic E-state index is 12.7. The van der Waals surface area contributed by atoms with Gasteiger partial charge in [-0.3, -0.25) is 9.80 Å². The smallest absolute Gasteiger partial charge is 0.410 e. The molecule has 0 N–H and O–H groups in total. The van der Waals surface area contributed by atoms with Gasteiger partial charge in [0.25, 0.3) is 0 Å². The number of hydrogen-bond donors (Lipinski definition) is 0. The minimum Gasteiger partial charge on any atom is -0.444 e. The Balaban J connectivity index is 1.72. The first-order valence-electron chi connectivity index (χ1n) is 9.14. The number of piperazine rings is 1. The Hall–Kier alpha value is -1.59. The SMILES string of the molecule is COCC1C[C@@H]2CN(Cc3ccccc3)C[C@H]1N2C(=O)OC(C)(C)C. The predicted molar refractivity (Wildman–Crippen MR) is 97.4 cm³/mol. The van der Waals surface area contributed by atoms with Crippen molar-refractivity contribution in [2.24, 2.45) is 5.92 Å². The molecule has 0 aliphatic carbocycles. The van der Waals surface area contributed by atoms with Crippen LogP contribution >= 0.6 is 0 Å². The number of carbonyl (C=O) groups excluding carboxylic acids is 1. The molecule has 2 bridgehead atoms. The first-order valence-corrected chi connectivity index (χ1v) is 9.14. The number of fused-ring (bicyclic) bond motifs is 2. The van der Waals surface area contributed by atoms with Crippen molar-refractivity contribution in [1.82, 2.24) is 9.80 Å². The molecule has 1 amide bonds. The monoisotopic (exact) mass is 346 g/mol. The molecular formula is C20H30N2O3. The number of likely N-dealkylation sites (tertiary alicyclic amines) is 1. The lowest BCUT2D eigenvalue weighted by molar-refractivity contribution is -0.0108. The quantitative estimate of drug-likeness (QED) is 0.840. The van der Waals surface area contributed by atoms with Crippen LogP contribution in [0.3, 0.4) is 0 Å². The van der Waals surface area contributed by atoms with Gasteiger partial charge in [-0.25, -0.2) is 4.79 Å². The first kappa shape index (κ1) is 18.2. The largest absolute Gasteiger partial charge is 0.444 e.